The lowest BCUT2D eigenvalue weighted by atomic mass is 9.86. The molecule has 2 N–H and O–H groups in total. The number of nitrogens with zero attached hydrogens (tertiary/aromatic N) is 1. The van der Waals surface area contributed by atoms with E-state index in [2.05, 4.69) is 15.5 Å². The number of carbonyl (C=O) groups excluding carboxylic acids is 2. The van der Waals surface area contributed by atoms with E-state index >= 15 is 0 Å². The molecule has 0 saturated carbocycles. The Labute approximate surface area is 144 Å². The number of esters is 1. The molecule has 0 bridgehead atoms. The fourth-order valence-electron chi connectivity index (χ4n) is 3.23. The summed E-state index contributed by atoms with van der Waals surface area (Å²) in [5.74, 6) is -1.94. The van der Waals surface area contributed by atoms with Crippen LogP contribution < -0.4 is 5.32 Å². The van der Waals surface area contributed by atoms with E-state index in [1.807, 2.05) is 0 Å². The summed E-state index contributed by atoms with van der Waals surface area (Å²) in [4.78, 5) is 24.7. The van der Waals surface area contributed by atoms with Gasteiger partial charge in [0.15, 0.2) is 0 Å². The number of benzene rings is 1. The van der Waals surface area contributed by atoms with E-state index in [-0.39, 0.29) is 24.2 Å². The predicted octanol–water partition coefficient (Wildman–Crippen LogP) is 2.04. The van der Waals surface area contributed by atoms with Gasteiger partial charge in [0.2, 0.25) is 5.91 Å². The molecule has 3 rings (SSSR count). The first-order valence-corrected chi connectivity index (χ1v) is 8.23. The summed E-state index contributed by atoms with van der Waals surface area (Å²) < 4.78 is 17.9. The molecule has 132 valence electrons. The molecule has 1 aliphatic rings. The quantitative estimate of drug-likeness (QED) is 0.812. The van der Waals surface area contributed by atoms with Gasteiger partial charge in [-0.1, -0.05) is 12.1 Å². The average Bonchev–Trinajstić information content (AvgIpc) is 3.11. The fourth-order valence-corrected chi connectivity index (χ4v) is 3.23. The molecule has 1 aromatic carbocycles. The molecule has 0 saturated heterocycles. The number of carbonyl (C=O) groups is 2. The van der Waals surface area contributed by atoms with E-state index in [0.717, 1.165) is 30.5 Å². The van der Waals surface area contributed by atoms with Gasteiger partial charge < -0.3 is 10.1 Å². The number of aromatic nitrogens is 2. The predicted molar refractivity (Wildman–Crippen MR) is 88.4 cm³/mol. The molecule has 7 heteroatoms. The molecule has 2 aromatic rings. The van der Waals surface area contributed by atoms with Crippen molar-refractivity contribution in [1.82, 2.24) is 15.5 Å². The molecular formula is C18H20FN3O3. The number of hydrogen-bond donors (Lipinski definition) is 2. The van der Waals surface area contributed by atoms with Crippen LogP contribution in [-0.4, -0.2) is 35.7 Å². The van der Waals surface area contributed by atoms with Gasteiger partial charge in [0, 0.05) is 17.8 Å². The van der Waals surface area contributed by atoms with Gasteiger partial charge in [-0.2, -0.15) is 5.10 Å². The Morgan fingerprint density at radius 2 is 2.16 bits per heavy atom. The highest BCUT2D eigenvalue weighted by Gasteiger charge is 2.29. The molecule has 25 heavy (non-hydrogen) atoms. The second kappa shape index (κ2) is 7.46. The van der Waals surface area contributed by atoms with Crippen molar-refractivity contribution < 1.29 is 18.7 Å². The molecule has 0 fully saturated rings. The summed E-state index contributed by atoms with van der Waals surface area (Å²) in [6.07, 6.45) is 4.24. The summed E-state index contributed by atoms with van der Waals surface area (Å²) in [5.41, 5.74) is 2.51. The van der Waals surface area contributed by atoms with Crippen molar-refractivity contribution in [1.29, 1.82) is 0 Å². The third-order valence-corrected chi connectivity index (χ3v) is 4.60. The van der Waals surface area contributed by atoms with Crippen molar-refractivity contribution >= 4 is 11.9 Å². The van der Waals surface area contributed by atoms with Gasteiger partial charge in [0.25, 0.3) is 0 Å². The lowest BCUT2D eigenvalue weighted by Crippen LogP contribution is -2.36. The number of nitrogens with one attached hydrogen (secondary N) is 2. The number of ether oxygens (including phenoxy) is 1. The minimum absolute atomic E-state index is 0.0980. The van der Waals surface area contributed by atoms with Crippen molar-refractivity contribution in [2.45, 2.75) is 31.1 Å². The van der Waals surface area contributed by atoms with Gasteiger partial charge in [-0.15, -0.1) is 0 Å². The van der Waals surface area contributed by atoms with Crippen LogP contribution in [0.25, 0.3) is 0 Å². The van der Waals surface area contributed by atoms with Crippen LogP contribution in [0.1, 0.15) is 41.5 Å². The van der Waals surface area contributed by atoms with Crippen LogP contribution in [-0.2, 0) is 20.7 Å². The second-order valence-electron chi connectivity index (χ2n) is 6.12. The molecule has 0 aliphatic heterocycles. The average molecular weight is 345 g/mol. The minimum Gasteiger partial charge on any atom is -0.468 e. The standard InChI is InChI=1S/C18H20FN3O3/c1-25-18(24)14(11-5-7-12(19)8-6-11)9-20-17(23)13-3-2-4-16-15(13)10-21-22-16/h5-8,10,13-14H,2-4,9H2,1H3,(H,20,23)(H,21,22)/t13-,14-/m0/s1. The normalized spacial score (nSPS) is 17.4. The van der Waals surface area contributed by atoms with E-state index in [4.69, 9.17) is 4.74 Å². The zero-order valence-corrected chi connectivity index (χ0v) is 13.9. The Morgan fingerprint density at radius 3 is 2.88 bits per heavy atom. The maximum atomic E-state index is 13.1. The molecule has 1 aromatic heterocycles. The Morgan fingerprint density at radius 1 is 1.40 bits per heavy atom. The van der Waals surface area contributed by atoms with Crippen LogP contribution in [0.15, 0.2) is 30.5 Å². The first-order chi connectivity index (χ1) is 12.1. The summed E-state index contributed by atoms with van der Waals surface area (Å²) in [6, 6.07) is 5.62. The molecule has 0 unspecified atom stereocenters. The number of amides is 1. The highest BCUT2D eigenvalue weighted by atomic mass is 19.1. The van der Waals surface area contributed by atoms with E-state index in [1.54, 1.807) is 6.20 Å². The first-order valence-electron chi connectivity index (χ1n) is 8.23. The molecule has 0 spiro atoms. The Bertz CT molecular complexity index is 757. The molecule has 1 aliphatic carbocycles. The van der Waals surface area contributed by atoms with Crippen molar-refractivity contribution in [3.8, 4) is 0 Å². The third kappa shape index (κ3) is 3.70. The van der Waals surface area contributed by atoms with Crippen LogP contribution >= 0.6 is 0 Å². The summed E-state index contributed by atoms with van der Waals surface area (Å²) >= 11 is 0. The summed E-state index contributed by atoms with van der Waals surface area (Å²) in [5, 5.41) is 9.78. The summed E-state index contributed by atoms with van der Waals surface area (Å²) in [7, 11) is 1.29. The van der Waals surface area contributed by atoms with Gasteiger partial charge >= 0.3 is 5.97 Å². The monoisotopic (exact) mass is 345 g/mol. The number of methoxy groups -OCH3 is 1. The number of rotatable bonds is 5. The lowest BCUT2D eigenvalue weighted by molar-refractivity contribution is -0.142. The van der Waals surface area contributed by atoms with Crippen molar-refractivity contribution in [3.05, 3.63) is 53.1 Å². The van der Waals surface area contributed by atoms with Crippen LogP contribution in [0.5, 0.6) is 0 Å². The Kier molecular flexibility index (Phi) is 5.11. The lowest BCUT2D eigenvalue weighted by Gasteiger charge is -2.22. The van der Waals surface area contributed by atoms with Crippen molar-refractivity contribution in [3.63, 3.8) is 0 Å². The smallest absolute Gasteiger partial charge is 0.314 e. The Balaban J connectivity index is 1.70. The van der Waals surface area contributed by atoms with Gasteiger partial charge in [-0.25, -0.2) is 4.39 Å². The van der Waals surface area contributed by atoms with E-state index in [0.29, 0.717) is 5.56 Å². The SMILES string of the molecule is COC(=O)[C@@H](CNC(=O)[C@H]1CCCc2[nH]ncc21)c1ccc(F)cc1. The van der Waals surface area contributed by atoms with Crippen molar-refractivity contribution in [2.24, 2.45) is 0 Å². The number of aromatic amines is 1. The van der Waals surface area contributed by atoms with Gasteiger partial charge in [0.1, 0.15) is 5.82 Å². The van der Waals surface area contributed by atoms with Crippen molar-refractivity contribution in [2.75, 3.05) is 13.7 Å². The van der Waals surface area contributed by atoms with Crippen LogP contribution in [0, 0.1) is 5.82 Å². The maximum Gasteiger partial charge on any atom is 0.314 e. The van der Waals surface area contributed by atoms with E-state index < -0.39 is 11.9 Å². The topological polar surface area (TPSA) is 84.1 Å². The largest absolute Gasteiger partial charge is 0.468 e. The van der Waals surface area contributed by atoms with Gasteiger partial charge in [-0.05, 0) is 37.0 Å². The molecule has 6 nitrogen and oxygen atoms in total. The van der Waals surface area contributed by atoms with Gasteiger partial charge in [-0.3, -0.25) is 14.7 Å². The third-order valence-electron chi connectivity index (χ3n) is 4.60. The number of hydrogen-bond acceptors (Lipinski definition) is 4. The van der Waals surface area contributed by atoms with Gasteiger partial charge in [0.05, 0.1) is 25.1 Å². The fraction of sp³-hybridized carbons (Fsp3) is 0.389. The Hall–Kier alpha value is -2.70. The van der Waals surface area contributed by atoms with Crippen LogP contribution in [0.2, 0.25) is 0 Å². The number of halogens is 1. The van der Waals surface area contributed by atoms with Crippen LogP contribution in [0.4, 0.5) is 4.39 Å². The number of fused-ring (bicyclic) bond motifs is 1. The van der Waals surface area contributed by atoms with E-state index in [1.165, 1.54) is 31.4 Å². The maximum absolute atomic E-state index is 13.1. The molecule has 1 heterocycles. The summed E-state index contributed by atoms with van der Waals surface area (Å²) in [6.45, 7) is 0.0980. The molecular weight excluding hydrogens is 325 g/mol. The zero-order chi connectivity index (χ0) is 17.8. The zero-order valence-electron chi connectivity index (χ0n) is 13.9. The highest BCUT2D eigenvalue weighted by Crippen LogP contribution is 2.30. The molecule has 0 radical (unpaired) electrons. The number of H-pyrrole nitrogens is 1. The molecule has 2 atom stereocenters. The second-order valence-corrected chi connectivity index (χ2v) is 6.12. The highest BCUT2D eigenvalue weighted by molar-refractivity contribution is 5.85. The number of aryl methyl sites for hydroxylation is 1. The van der Waals surface area contributed by atoms with E-state index in [9.17, 15) is 14.0 Å². The minimum atomic E-state index is -0.679. The first kappa shape index (κ1) is 17.1. The molecule has 1 amide bonds. The van der Waals surface area contributed by atoms with Crippen LogP contribution in [0.3, 0.4) is 0 Å².